The number of oxazole rings is 1. The van der Waals surface area contributed by atoms with Crippen molar-refractivity contribution in [3.63, 3.8) is 0 Å². The number of nitrogens with zero attached hydrogens (tertiary/aromatic N) is 4. The number of carbonyl (C=O) groups excluding carboxylic acids is 2. The largest absolute Gasteiger partial charge is 0.447 e. The lowest BCUT2D eigenvalue weighted by molar-refractivity contribution is 0.0941. The number of rotatable bonds is 7. The first-order valence-electron chi connectivity index (χ1n) is 11.1. The maximum absolute atomic E-state index is 13.3. The Morgan fingerprint density at radius 1 is 1.00 bits per heavy atom. The van der Waals surface area contributed by atoms with Crippen LogP contribution in [0.15, 0.2) is 89.8 Å². The van der Waals surface area contributed by atoms with E-state index >= 15 is 0 Å². The molecule has 0 saturated heterocycles. The molecule has 0 aliphatic heterocycles. The summed E-state index contributed by atoms with van der Waals surface area (Å²) in [6.45, 7) is 0.138. The maximum Gasteiger partial charge on any atom is 0.272 e. The Hall–Kier alpha value is -4.96. The molecule has 3 heterocycles. The van der Waals surface area contributed by atoms with Gasteiger partial charge in [0.25, 0.3) is 11.8 Å². The molecule has 0 fully saturated rings. The van der Waals surface area contributed by atoms with Gasteiger partial charge >= 0.3 is 0 Å². The summed E-state index contributed by atoms with van der Waals surface area (Å²) < 4.78 is 6.62. The second-order valence-corrected chi connectivity index (χ2v) is 8.32. The molecule has 0 aliphatic rings. The number of hydrogen-bond acceptors (Lipinski definition) is 7. The molecule has 0 aliphatic carbocycles. The van der Waals surface area contributed by atoms with E-state index in [9.17, 15) is 9.59 Å². The summed E-state index contributed by atoms with van der Waals surface area (Å²) in [7, 11) is 0. The van der Waals surface area contributed by atoms with E-state index in [2.05, 4.69) is 25.7 Å². The second kappa shape index (κ2) is 10.3. The fourth-order valence-corrected chi connectivity index (χ4v) is 3.79. The Labute approximate surface area is 216 Å². The molecule has 5 rings (SSSR count). The van der Waals surface area contributed by atoms with Crippen LogP contribution in [-0.2, 0) is 6.54 Å². The van der Waals surface area contributed by atoms with Gasteiger partial charge in [-0.3, -0.25) is 9.59 Å². The SMILES string of the molecule is Nc1cccc(-c2ccc(Cl)c(C(=O)Nc3cc(C(=O)NCc4cnco4)nn3-c3ccccc3)c2)n1. The van der Waals surface area contributed by atoms with Crippen molar-refractivity contribution in [1.29, 1.82) is 0 Å². The van der Waals surface area contributed by atoms with Crippen molar-refractivity contribution < 1.29 is 14.0 Å². The minimum absolute atomic E-state index is 0.0995. The van der Waals surface area contributed by atoms with Gasteiger partial charge in [0, 0.05) is 11.6 Å². The third kappa shape index (κ3) is 5.34. The number of hydrogen-bond donors (Lipinski definition) is 3. The smallest absolute Gasteiger partial charge is 0.272 e. The van der Waals surface area contributed by atoms with Crippen molar-refractivity contribution >= 4 is 35.1 Å². The van der Waals surface area contributed by atoms with Gasteiger partial charge in [-0.2, -0.15) is 5.10 Å². The van der Waals surface area contributed by atoms with E-state index in [1.807, 2.05) is 18.2 Å². The Morgan fingerprint density at radius 2 is 1.84 bits per heavy atom. The topological polar surface area (TPSA) is 141 Å². The first-order valence-corrected chi connectivity index (χ1v) is 11.5. The third-order valence-corrected chi connectivity index (χ3v) is 5.70. The summed E-state index contributed by atoms with van der Waals surface area (Å²) in [5.74, 6) is 0.202. The van der Waals surface area contributed by atoms with Crippen molar-refractivity contribution in [2.45, 2.75) is 6.54 Å². The summed E-state index contributed by atoms with van der Waals surface area (Å²) in [5.41, 5.74) is 8.05. The zero-order valence-corrected chi connectivity index (χ0v) is 20.0. The Balaban J connectivity index is 1.44. The monoisotopic (exact) mass is 513 g/mol. The average Bonchev–Trinajstić information content (AvgIpc) is 3.58. The summed E-state index contributed by atoms with van der Waals surface area (Å²) in [5, 5.41) is 10.2. The molecule has 0 radical (unpaired) electrons. The minimum atomic E-state index is -0.485. The Bertz CT molecular complexity index is 1570. The first kappa shape index (κ1) is 23.8. The lowest BCUT2D eigenvalue weighted by atomic mass is 10.1. The van der Waals surface area contributed by atoms with Crippen LogP contribution in [0.1, 0.15) is 26.6 Å². The molecule has 2 amide bonds. The highest BCUT2D eigenvalue weighted by Gasteiger charge is 2.20. The van der Waals surface area contributed by atoms with Gasteiger partial charge in [0.05, 0.1) is 34.7 Å². The van der Waals surface area contributed by atoms with E-state index in [0.29, 0.717) is 28.5 Å². The standard InChI is InChI=1S/C26H20ClN7O3/c27-20-10-9-16(21-7-4-8-23(28)31-21)11-19(20)25(35)32-24-12-22(26(36)30-14-18-13-29-15-37-18)33-34(24)17-5-2-1-3-6-17/h1-13,15H,14H2,(H2,28,31)(H,30,36)(H,32,35). The molecule has 0 unspecified atom stereocenters. The number of pyridine rings is 1. The number of anilines is 2. The molecule has 0 bridgehead atoms. The predicted molar refractivity (Wildman–Crippen MR) is 138 cm³/mol. The van der Waals surface area contributed by atoms with E-state index in [0.717, 1.165) is 0 Å². The van der Waals surface area contributed by atoms with Gasteiger partial charge in [0.15, 0.2) is 12.1 Å². The molecule has 0 saturated carbocycles. The molecule has 11 heteroatoms. The molecule has 184 valence electrons. The lowest BCUT2D eigenvalue weighted by Gasteiger charge is -2.11. The van der Waals surface area contributed by atoms with Crippen LogP contribution >= 0.6 is 11.6 Å². The molecule has 0 spiro atoms. The van der Waals surface area contributed by atoms with Gasteiger partial charge in [-0.05, 0) is 36.4 Å². The second-order valence-electron chi connectivity index (χ2n) is 7.91. The van der Waals surface area contributed by atoms with E-state index < -0.39 is 11.8 Å². The number of para-hydroxylation sites is 1. The van der Waals surface area contributed by atoms with Crippen molar-refractivity contribution in [3.05, 3.63) is 107 Å². The van der Waals surface area contributed by atoms with E-state index in [4.69, 9.17) is 21.8 Å². The van der Waals surface area contributed by atoms with E-state index in [1.165, 1.54) is 23.3 Å². The highest BCUT2D eigenvalue weighted by molar-refractivity contribution is 6.34. The number of amides is 2. The highest BCUT2D eigenvalue weighted by atomic mass is 35.5. The van der Waals surface area contributed by atoms with Crippen LogP contribution in [0.3, 0.4) is 0 Å². The molecular weight excluding hydrogens is 494 g/mol. The van der Waals surface area contributed by atoms with Crippen LogP contribution < -0.4 is 16.4 Å². The van der Waals surface area contributed by atoms with Crippen LogP contribution in [0.4, 0.5) is 11.6 Å². The molecular formula is C26H20ClN7O3. The molecule has 10 nitrogen and oxygen atoms in total. The van der Waals surface area contributed by atoms with Crippen molar-refractivity contribution in [3.8, 4) is 16.9 Å². The van der Waals surface area contributed by atoms with E-state index in [1.54, 1.807) is 48.5 Å². The summed E-state index contributed by atoms with van der Waals surface area (Å²) in [6, 6.07) is 20.8. The zero-order valence-electron chi connectivity index (χ0n) is 19.3. The first-order chi connectivity index (χ1) is 18.0. The number of carbonyl (C=O) groups is 2. The maximum atomic E-state index is 13.3. The van der Waals surface area contributed by atoms with Gasteiger partial charge < -0.3 is 20.8 Å². The fraction of sp³-hybridized carbons (Fsp3) is 0.0385. The van der Waals surface area contributed by atoms with Gasteiger partial charge in [0.2, 0.25) is 0 Å². The normalized spacial score (nSPS) is 10.7. The van der Waals surface area contributed by atoms with Crippen molar-refractivity contribution in [2.75, 3.05) is 11.1 Å². The fourth-order valence-electron chi connectivity index (χ4n) is 3.59. The predicted octanol–water partition coefficient (Wildman–Crippen LogP) is 4.34. The van der Waals surface area contributed by atoms with Crippen molar-refractivity contribution in [2.24, 2.45) is 0 Å². The number of halogens is 1. The summed E-state index contributed by atoms with van der Waals surface area (Å²) >= 11 is 6.37. The molecule has 5 aromatic rings. The zero-order chi connectivity index (χ0) is 25.8. The van der Waals surface area contributed by atoms with Crippen LogP contribution in [0, 0.1) is 0 Å². The number of nitrogens with one attached hydrogen (secondary N) is 2. The summed E-state index contributed by atoms with van der Waals surface area (Å²) in [4.78, 5) is 34.2. The molecule has 2 aromatic carbocycles. The number of nitrogens with two attached hydrogens (primary N) is 1. The molecule has 37 heavy (non-hydrogen) atoms. The van der Waals surface area contributed by atoms with Crippen molar-refractivity contribution in [1.82, 2.24) is 25.1 Å². The number of benzene rings is 2. The van der Waals surface area contributed by atoms with Crippen LogP contribution in [0.5, 0.6) is 0 Å². The molecule has 0 atom stereocenters. The van der Waals surface area contributed by atoms with Gasteiger partial charge in [-0.1, -0.05) is 41.9 Å². The van der Waals surface area contributed by atoms with Gasteiger partial charge in [-0.15, -0.1) is 0 Å². The Morgan fingerprint density at radius 3 is 2.59 bits per heavy atom. The number of aromatic nitrogens is 4. The quantitative estimate of drug-likeness (QED) is 0.294. The average molecular weight is 514 g/mol. The third-order valence-electron chi connectivity index (χ3n) is 5.37. The highest BCUT2D eigenvalue weighted by Crippen LogP contribution is 2.26. The van der Waals surface area contributed by atoms with Gasteiger partial charge in [0.1, 0.15) is 17.4 Å². The van der Waals surface area contributed by atoms with Crippen LogP contribution in [-0.4, -0.2) is 31.6 Å². The summed E-state index contributed by atoms with van der Waals surface area (Å²) in [6.07, 6.45) is 2.79. The van der Waals surface area contributed by atoms with Crippen LogP contribution in [0.25, 0.3) is 16.9 Å². The molecule has 4 N–H and O–H groups in total. The molecule has 3 aromatic heterocycles. The minimum Gasteiger partial charge on any atom is -0.447 e. The van der Waals surface area contributed by atoms with Gasteiger partial charge in [-0.25, -0.2) is 14.6 Å². The number of nitrogen functional groups attached to an aromatic ring is 1. The van der Waals surface area contributed by atoms with E-state index in [-0.39, 0.29) is 28.6 Å². The Kier molecular flexibility index (Phi) is 6.64. The van der Waals surface area contributed by atoms with Crippen LogP contribution in [0.2, 0.25) is 5.02 Å². The lowest BCUT2D eigenvalue weighted by Crippen LogP contribution is -2.23.